The molecule has 1 aliphatic carbocycles. The van der Waals surface area contributed by atoms with E-state index in [2.05, 4.69) is 83.0 Å². The summed E-state index contributed by atoms with van der Waals surface area (Å²) in [5, 5.41) is 2.83. The second-order valence-corrected chi connectivity index (χ2v) is 9.69. The molecule has 2 aliphatic rings. The van der Waals surface area contributed by atoms with Crippen LogP contribution in [0.3, 0.4) is 0 Å². The lowest BCUT2D eigenvalue weighted by atomic mass is 9.86. The van der Waals surface area contributed by atoms with E-state index in [1.54, 1.807) is 0 Å². The molecule has 1 heterocycles. The molecule has 142 valence electrons. The molecule has 1 aliphatic heterocycles. The summed E-state index contributed by atoms with van der Waals surface area (Å²) in [7, 11) is 0. The number of para-hydroxylation sites is 1. The zero-order valence-electron chi connectivity index (χ0n) is 17.0. The first-order chi connectivity index (χ1) is 12.6. The fraction of sp³-hybridized carbons (Fsp3) is 0.417. The number of rotatable bonds is 2. The molecule has 0 amide bonds. The second kappa shape index (κ2) is 5.86. The van der Waals surface area contributed by atoms with E-state index in [-0.39, 0.29) is 22.5 Å². The topological polar surface area (TPSA) is 12.5 Å². The third-order valence-electron chi connectivity index (χ3n) is 6.70. The average Bonchev–Trinajstić information content (AvgIpc) is 2.86. The van der Waals surface area contributed by atoms with Crippen molar-refractivity contribution in [2.75, 3.05) is 5.06 Å². The van der Waals surface area contributed by atoms with Crippen molar-refractivity contribution in [2.24, 2.45) is 10.8 Å². The number of benzene rings is 2. The molecule has 2 nitrogen and oxygen atoms in total. The predicted octanol–water partition coefficient (Wildman–Crippen LogP) is 6.97. The van der Waals surface area contributed by atoms with Crippen LogP contribution in [-0.2, 0) is 4.84 Å². The van der Waals surface area contributed by atoms with E-state index < -0.39 is 0 Å². The Kier molecular flexibility index (Phi) is 4.04. The van der Waals surface area contributed by atoms with Crippen molar-refractivity contribution in [3.05, 3.63) is 76.3 Å². The van der Waals surface area contributed by atoms with E-state index in [9.17, 15) is 0 Å². The van der Waals surface area contributed by atoms with Gasteiger partial charge in [-0.2, -0.15) is 0 Å². The van der Waals surface area contributed by atoms with Gasteiger partial charge >= 0.3 is 0 Å². The smallest absolute Gasteiger partial charge is 0.114 e. The molecule has 2 aromatic carbocycles. The molecular weight excluding hydrogens is 354 g/mol. The Morgan fingerprint density at radius 1 is 0.815 bits per heavy atom. The number of nitrogens with zero attached hydrogens (tertiary/aromatic N) is 1. The molecule has 0 aromatic heterocycles. The Bertz CT molecular complexity index is 878. The minimum absolute atomic E-state index is 0.0377. The minimum Gasteiger partial charge on any atom is -0.262 e. The number of hydrogen-bond donors (Lipinski definition) is 0. The molecule has 0 spiro atoms. The SMILES string of the molecule is CC1(C)ON(c2ccccc2)C(c2ccc(Cl)cc2)C1=C1C(C)(C)C1(C)C. The fourth-order valence-electron chi connectivity index (χ4n) is 4.66. The van der Waals surface area contributed by atoms with Crippen molar-refractivity contribution in [1.82, 2.24) is 0 Å². The van der Waals surface area contributed by atoms with Gasteiger partial charge in [-0.3, -0.25) is 4.84 Å². The van der Waals surface area contributed by atoms with Crippen molar-refractivity contribution < 1.29 is 4.84 Å². The molecule has 0 bridgehead atoms. The van der Waals surface area contributed by atoms with Crippen LogP contribution in [0.2, 0.25) is 5.02 Å². The van der Waals surface area contributed by atoms with Gasteiger partial charge in [0.05, 0.1) is 5.69 Å². The molecule has 3 heteroatoms. The summed E-state index contributed by atoms with van der Waals surface area (Å²) >= 11 is 6.17. The molecule has 1 saturated heterocycles. The van der Waals surface area contributed by atoms with Crippen molar-refractivity contribution >= 4 is 17.3 Å². The van der Waals surface area contributed by atoms with Gasteiger partial charge in [0, 0.05) is 5.02 Å². The monoisotopic (exact) mass is 381 g/mol. The van der Waals surface area contributed by atoms with Crippen molar-refractivity contribution in [3.63, 3.8) is 0 Å². The molecule has 0 N–H and O–H groups in total. The minimum atomic E-state index is -0.374. The van der Waals surface area contributed by atoms with E-state index in [1.807, 2.05) is 18.2 Å². The third kappa shape index (κ3) is 2.73. The zero-order chi connectivity index (χ0) is 19.6. The first kappa shape index (κ1) is 18.6. The highest BCUT2D eigenvalue weighted by Crippen LogP contribution is 2.72. The predicted molar refractivity (Wildman–Crippen MR) is 113 cm³/mol. The summed E-state index contributed by atoms with van der Waals surface area (Å²) in [6.07, 6.45) is 0. The largest absolute Gasteiger partial charge is 0.262 e. The first-order valence-corrected chi connectivity index (χ1v) is 9.99. The highest BCUT2D eigenvalue weighted by Gasteiger charge is 2.65. The van der Waals surface area contributed by atoms with E-state index in [0.717, 1.165) is 10.7 Å². The maximum atomic E-state index is 6.58. The van der Waals surface area contributed by atoms with Crippen molar-refractivity contribution in [3.8, 4) is 0 Å². The lowest BCUT2D eigenvalue weighted by Gasteiger charge is -2.25. The third-order valence-corrected chi connectivity index (χ3v) is 6.95. The number of halogens is 1. The Labute approximate surface area is 167 Å². The average molecular weight is 382 g/mol. The standard InChI is InChI=1S/C24H28ClNO/c1-22(2)21(23(22,3)4)19-20(16-12-14-17(25)15-13-16)26(27-24(19,5)6)18-10-8-7-9-11-18/h7-15,20H,1-6H3. The molecule has 27 heavy (non-hydrogen) atoms. The molecule has 1 saturated carbocycles. The maximum Gasteiger partial charge on any atom is 0.114 e. The van der Waals surface area contributed by atoms with Crippen LogP contribution in [0.4, 0.5) is 5.69 Å². The van der Waals surface area contributed by atoms with E-state index in [1.165, 1.54) is 16.7 Å². The fourth-order valence-corrected chi connectivity index (χ4v) is 4.79. The highest BCUT2D eigenvalue weighted by molar-refractivity contribution is 6.30. The summed E-state index contributed by atoms with van der Waals surface area (Å²) in [6.45, 7) is 13.7. The normalized spacial score (nSPS) is 25.0. The maximum absolute atomic E-state index is 6.58. The van der Waals surface area contributed by atoms with Crippen LogP contribution in [0.15, 0.2) is 65.7 Å². The van der Waals surface area contributed by atoms with Gasteiger partial charge in [0.25, 0.3) is 0 Å². The molecule has 2 fully saturated rings. The second-order valence-electron chi connectivity index (χ2n) is 9.26. The summed E-state index contributed by atoms with van der Waals surface area (Å²) in [5.41, 5.74) is 5.12. The van der Waals surface area contributed by atoms with E-state index in [4.69, 9.17) is 16.4 Å². The van der Waals surface area contributed by atoms with Crippen molar-refractivity contribution in [2.45, 2.75) is 53.2 Å². The lowest BCUT2D eigenvalue weighted by molar-refractivity contribution is 0.0301. The summed E-state index contributed by atoms with van der Waals surface area (Å²) in [5.74, 6) is 0. The van der Waals surface area contributed by atoms with Crippen LogP contribution in [0, 0.1) is 10.8 Å². The van der Waals surface area contributed by atoms with Gasteiger partial charge in [0.1, 0.15) is 11.6 Å². The van der Waals surface area contributed by atoms with Gasteiger partial charge in [-0.1, -0.05) is 75.2 Å². The zero-order valence-corrected chi connectivity index (χ0v) is 17.8. The lowest BCUT2D eigenvalue weighted by Crippen LogP contribution is -2.25. The molecular formula is C24H28ClNO. The van der Waals surface area contributed by atoms with Gasteiger partial charge in [0.15, 0.2) is 0 Å². The van der Waals surface area contributed by atoms with Gasteiger partial charge in [-0.25, -0.2) is 5.06 Å². The molecule has 1 unspecified atom stereocenters. The molecule has 0 radical (unpaired) electrons. The van der Waals surface area contributed by atoms with E-state index in [0.29, 0.717) is 0 Å². The first-order valence-electron chi connectivity index (χ1n) is 9.62. The quantitative estimate of drug-likeness (QED) is 0.520. The number of anilines is 1. The molecule has 2 aromatic rings. The van der Waals surface area contributed by atoms with Crippen LogP contribution in [0.25, 0.3) is 0 Å². The Morgan fingerprint density at radius 2 is 1.37 bits per heavy atom. The Hall–Kier alpha value is -1.77. The van der Waals surface area contributed by atoms with Gasteiger partial charge in [-0.05, 0) is 60.1 Å². The van der Waals surface area contributed by atoms with Gasteiger partial charge in [-0.15, -0.1) is 0 Å². The highest BCUT2D eigenvalue weighted by atomic mass is 35.5. The molecule has 4 rings (SSSR count). The van der Waals surface area contributed by atoms with Gasteiger partial charge in [0.2, 0.25) is 0 Å². The van der Waals surface area contributed by atoms with Crippen LogP contribution in [0.1, 0.15) is 53.1 Å². The van der Waals surface area contributed by atoms with Crippen LogP contribution in [0.5, 0.6) is 0 Å². The van der Waals surface area contributed by atoms with E-state index >= 15 is 0 Å². The number of allylic oxidation sites excluding steroid dienone is 1. The van der Waals surface area contributed by atoms with Crippen LogP contribution >= 0.6 is 11.6 Å². The summed E-state index contributed by atoms with van der Waals surface area (Å²) in [4.78, 5) is 6.58. The summed E-state index contributed by atoms with van der Waals surface area (Å²) < 4.78 is 0. The van der Waals surface area contributed by atoms with Gasteiger partial charge < -0.3 is 0 Å². The number of hydroxylamine groups is 1. The van der Waals surface area contributed by atoms with Crippen molar-refractivity contribution in [1.29, 1.82) is 0 Å². The molecule has 1 atom stereocenters. The Morgan fingerprint density at radius 3 is 1.89 bits per heavy atom. The van der Waals surface area contributed by atoms with Crippen LogP contribution < -0.4 is 5.06 Å². The van der Waals surface area contributed by atoms with Crippen LogP contribution in [-0.4, -0.2) is 5.60 Å². The number of hydrogen-bond acceptors (Lipinski definition) is 2. The Balaban J connectivity index is 1.94. The summed E-state index contributed by atoms with van der Waals surface area (Å²) in [6, 6.07) is 18.6.